The first-order chi connectivity index (χ1) is 15.3. The lowest BCUT2D eigenvalue weighted by Gasteiger charge is -2.32. The van der Waals surface area contributed by atoms with Crippen molar-refractivity contribution < 1.29 is 13.9 Å². The summed E-state index contributed by atoms with van der Waals surface area (Å²) in [4.78, 5) is 23.1. The highest BCUT2D eigenvalue weighted by molar-refractivity contribution is 7.59. The van der Waals surface area contributed by atoms with Crippen LogP contribution in [0.1, 0.15) is 36.7 Å². The van der Waals surface area contributed by atoms with E-state index in [0.29, 0.717) is 29.8 Å². The summed E-state index contributed by atoms with van der Waals surface area (Å²) in [6.07, 6.45) is 0. The van der Waals surface area contributed by atoms with Gasteiger partial charge in [-0.2, -0.15) is 32.0 Å². The third-order valence-electron chi connectivity index (χ3n) is 5.66. The zero-order valence-electron chi connectivity index (χ0n) is 19.5. The van der Waals surface area contributed by atoms with E-state index in [1.165, 1.54) is 12.1 Å². The quantitative estimate of drug-likeness (QED) is 0.509. The number of halogens is 1. The van der Waals surface area contributed by atoms with Gasteiger partial charge in [0.15, 0.2) is 5.82 Å². The number of carbonyl (C=O) groups is 1. The molecule has 4 rings (SSSR count). The molecule has 0 saturated carbocycles. The third kappa shape index (κ3) is 5.92. The number of hydrogen-bond acceptors (Lipinski definition) is 6. The van der Waals surface area contributed by atoms with Crippen LogP contribution in [0.15, 0.2) is 48.5 Å². The first kappa shape index (κ1) is 27.3. The summed E-state index contributed by atoms with van der Waals surface area (Å²) < 4.78 is 18.8. The van der Waals surface area contributed by atoms with Crippen LogP contribution < -0.4 is 20.3 Å². The molecule has 0 aliphatic carbocycles. The number of likely N-dealkylation sites (N-methyl/N-ethyl adjacent to an activating group) is 1. The van der Waals surface area contributed by atoms with Crippen molar-refractivity contribution in [3.63, 3.8) is 0 Å². The molecule has 0 unspecified atom stereocenters. The Morgan fingerprint density at radius 3 is 2.41 bits per heavy atom. The van der Waals surface area contributed by atoms with E-state index < -0.39 is 0 Å². The number of nitrogens with one attached hydrogen (secondary N) is 2. The number of rotatable bonds is 6. The highest BCUT2D eigenvalue weighted by Crippen LogP contribution is 2.32. The minimum absolute atomic E-state index is 0. The summed E-state index contributed by atoms with van der Waals surface area (Å²) in [7, 11) is 1.85. The van der Waals surface area contributed by atoms with E-state index in [9.17, 15) is 9.18 Å². The van der Waals surface area contributed by atoms with Crippen LogP contribution in [-0.2, 0) is 11.4 Å². The fourth-order valence-corrected chi connectivity index (χ4v) is 3.49. The summed E-state index contributed by atoms with van der Waals surface area (Å²) in [6, 6.07) is 13.7. The molecule has 34 heavy (non-hydrogen) atoms. The molecule has 2 N–H and O–H groups in total. The lowest BCUT2D eigenvalue weighted by atomic mass is 10.1. The van der Waals surface area contributed by atoms with Gasteiger partial charge in [0.2, 0.25) is 11.9 Å². The second-order valence-corrected chi connectivity index (χ2v) is 7.96. The Kier molecular flexibility index (Phi) is 9.17. The molecule has 1 aliphatic rings. The van der Waals surface area contributed by atoms with E-state index in [2.05, 4.69) is 20.6 Å². The Labute approximate surface area is 213 Å². The van der Waals surface area contributed by atoms with E-state index in [-0.39, 0.29) is 50.8 Å². The van der Waals surface area contributed by atoms with Gasteiger partial charge in [0.1, 0.15) is 29.9 Å². The van der Waals surface area contributed by atoms with E-state index in [1.807, 2.05) is 57.0 Å². The second kappa shape index (κ2) is 11.4. The number of anilines is 3. The SMILES string of the molecule is Cc1nc(N[C@@H](C)c2ccc(OCc3ccc(F)cc3)cc2)nc2c1NC(=O)[C@H](C)N2C.S.S. The number of amides is 1. The molecule has 7 nitrogen and oxygen atoms in total. The maximum absolute atomic E-state index is 13.0. The van der Waals surface area contributed by atoms with Crippen LogP contribution in [0.25, 0.3) is 0 Å². The third-order valence-corrected chi connectivity index (χ3v) is 5.66. The van der Waals surface area contributed by atoms with Crippen LogP contribution in [0.4, 0.5) is 21.8 Å². The molecule has 0 bridgehead atoms. The van der Waals surface area contributed by atoms with Crippen molar-refractivity contribution in [2.24, 2.45) is 0 Å². The van der Waals surface area contributed by atoms with Crippen LogP contribution in [0.3, 0.4) is 0 Å². The molecule has 1 aromatic heterocycles. The molecule has 3 aromatic rings. The monoisotopic (exact) mass is 503 g/mol. The topological polar surface area (TPSA) is 79.4 Å². The molecule has 1 aliphatic heterocycles. The van der Waals surface area contributed by atoms with Gasteiger partial charge in [0, 0.05) is 7.05 Å². The Bertz CT molecular complexity index is 1130. The van der Waals surface area contributed by atoms with Gasteiger partial charge >= 0.3 is 0 Å². The summed E-state index contributed by atoms with van der Waals surface area (Å²) in [6.45, 7) is 6.09. The Morgan fingerprint density at radius 2 is 1.76 bits per heavy atom. The number of aryl methyl sites for hydroxylation is 1. The van der Waals surface area contributed by atoms with Crippen molar-refractivity contribution in [1.29, 1.82) is 0 Å². The molecule has 182 valence electrons. The zero-order valence-corrected chi connectivity index (χ0v) is 21.5. The Hall–Kier alpha value is -2.98. The summed E-state index contributed by atoms with van der Waals surface area (Å²) >= 11 is 0. The van der Waals surface area contributed by atoms with E-state index in [0.717, 1.165) is 16.9 Å². The summed E-state index contributed by atoms with van der Waals surface area (Å²) in [5, 5.41) is 6.23. The van der Waals surface area contributed by atoms with Crippen LogP contribution in [0, 0.1) is 12.7 Å². The number of benzene rings is 2. The number of aromatic nitrogens is 2. The lowest BCUT2D eigenvalue weighted by molar-refractivity contribution is -0.117. The van der Waals surface area contributed by atoms with Gasteiger partial charge < -0.3 is 20.3 Å². The highest BCUT2D eigenvalue weighted by atomic mass is 32.1. The molecule has 10 heteroatoms. The van der Waals surface area contributed by atoms with Gasteiger partial charge in [-0.05, 0) is 56.2 Å². The van der Waals surface area contributed by atoms with Crippen molar-refractivity contribution in [1.82, 2.24) is 9.97 Å². The molecule has 2 aromatic carbocycles. The standard InChI is InChI=1S/C24H26FN5O2.2H2S/c1-14(18-7-11-20(12-8-18)32-13-17-5-9-19(25)10-6-17)26-24-27-15(2)21-22(29-24)30(4)16(3)23(31)28-21;;/h5-12,14,16H,13H2,1-4H3,(H,28,31)(H,26,27,29);2*1H2/t14-,16-;;/m0../s1. The largest absolute Gasteiger partial charge is 0.489 e. The maximum Gasteiger partial charge on any atom is 0.246 e. The van der Waals surface area contributed by atoms with Crippen molar-refractivity contribution in [2.75, 3.05) is 22.6 Å². The molecular weight excluding hydrogens is 473 g/mol. The van der Waals surface area contributed by atoms with Gasteiger partial charge in [-0.1, -0.05) is 24.3 Å². The predicted octanol–water partition coefficient (Wildman–Crippen LogP) is 4.68. The van der Waals surface area contributed by atoms with Gasteiger partial charge in [-0.15, -0.1) is 0 Å². The van der Waals surface area contributed by atoms with Crippen LogP contribution in [0.5, 0.6) is 5.75 Å². The second-order valence-electron chi connectivity index (χ2n) is 7.96. The predicted molar refractivity (Wildman–Crippen MR) is 143 cm³/mol. The smallest absolute Gasteiger partial charge is 0.246 e. The molecule has 0 fully saturated rings. The Morgan fingerprint density at radius 1 is 1.12 bits per heavy atom. The normalized spacial score (nSPS) is 15.3. The first-order valence-electron chi connectivity index (χ1n) is 10.5. The maximum atomic E-state index is 13.0. The summed E-state index contributed by atoms with van der Waals surface area (Å²) in [5.41, 5.74) is 3.31. The van der Waals surface area contributed by atoms with Gasteiger partial charge in [-0.25, -0.2) is 9.37 Å². The molecule has 1 amide bonds. The molecule has 0 radical (unpaired) electrons. The van der Waals surface area contributed by atoms with Crippen LogP contribution in [-0.4, -0.2) is 29.0 Å². The minimum atomic E-state index is -0.301. The molecule has 2 heterocycles. The van der Waals surface area contributed by atoms with Crippen molar-refractivity contribution >= 4 is 50.4 Å². The number of ether oxygens (including phenoxy) is 1. The average molecular weight is 504 g/mol. The minimum Gasteiger partial charge on any atom is -0.489 e. The molecule has 0 spiro atoms. The van der Waals surface area contributed by atoms with Crippen LogP contribution >= 0.6 is 27.0 Å². The number of fused-ring (bicyclic) bond motifs is 1. The van der Waals surface area contributed by atoms with Gasteiger partial charge in [0.05, 0.1) is 11.7 Å². The number of carbonyl (C=O) groups excluding carboxylic acids is 1. The number of nitrogens with zero attached hydrogens (tertiary/aromatic N) is 3. The molecular formula is C24H30FN5O2S2. The zero-order chi connectivity index (χ0) is 22.8. The highest BCUT2D eigenvalue weighted by Gasteiger charge is 2.30. The summed E-state index contributed by atoms with van der Waals surface area (Å²) in [5.74, 6) is 1.60. The van der Waals surface area contributed by atoms with Crippen molar-refractivity contribution in [2.45, 2.75) is 39.5 Å². The van der Waals surface area contributed by atoms with Crippen molar-refractivity contribution in [3.05, 3.63) is 71.2 Å². The van der Waals surface area contributed by atoms with E-state index in [4.69, 9.17) is 4.74 Å². The van der Waals surface area contributed by atoms with Crippen LogP contribution in [0.2, 0.25) is 0 Å². The van der Waals surface area contributed by atoms with Gasteiger partial charge in [-0.3, -0.25) is 4.79 Å². The number of hydrogen-bond donors (Lipinski definition) is 2. The molecule has 0 saturated heterocycles. The Balaban J connectivity index is 0.00000204. The van der Waals surface area contributed by atoms with Gasteiger partial charge in [0.25, 0.3) is 0 Å². The molecule has 2 atom stereocenters. The lowest BCUT2D eigenvalue weighted by Crippen LogP contribution is -2.44. The average Bonchev–Trinajstić information content (AvgIpc) is 2.78. The fourth-order valence-electron chi connectivity index (χ4n) is 3.49. The van der Waals surface area contributed by atoms with Crippen molar-refractivity contribution in [3.8, 4) is 5.75 Å². The van der Waals surface area contributed by atoms with E-state index in [1.54, 1.807) is 12.1 Å². The van der Waals surface area contributed by atoms with E-state index >= 15 is 0 Å². The fraction of sp³-hybridized carbons (Fsp3) is 0.292. The first-order valence-corrected chi connectivity index (χ1v) is 10.5.